The van der Waals surface area contributed by atoms with Crippen LogP contribution >= 0.6 is 0 Å². The highest BCUT2D eigenvalue weighted by Gasteiger charge is 2.16. The first kappa shape index (κ1) is 9.21. The number of hydrogen-bond donors (Lipinski definition) is 1. The third-order valence-corrected chi connectivity index (χ3v) is 2.22. The lowest BCUT2D eigenvalue weighted by Gasteiger charge is -2.09. The Balaban J connectivity index is 2.05. The number of nitrogens with zero attached hydrogens (tertiary/aromatic N) is 3. The first-order chi connectivity index (χ1) is 6.90. The molecule has 0 radical (unpaired) electrons. The molecule has 0 aromatic carbocycles. The fourth-order valence-corrected chi connectivity index (χ4v) is 1.51. The maximum Gasteiger partial charge on any atom is 0.266 e. The molecule has 1 saturated heterocycles. The Hall–Kier alpha value is -1.36. The van der Waals surface area contributed by atoms with E-state index in [0.29, 0.717) is 18.4 Å². The number of rotatable bonds is 3. The Morgan fingerprint density at radius 3 is 2.93 bits per heavy atom. The normalized spacial score (nSPS) is 17.1. The molecule has 0 unspecified atom stereocenters. The smallest absolute Gasteiger partial charge is 0.266 e. The number of anilines is 1. The Morgan fingerprint density at radius 1 is 1.43 bits per heavy atom. The molecule has 76 valence electrons. The molecule has 14 heavy (non-hydrogen) atoms. The van der Waals surface area contributed by atoms with Gasteiger partial charge in [-0.25, -0.2) is 0 Å². The van der Waals surface area contributed by atoms with Gasteiger partial charge in [-0.1, -0.05) is 6.08 Å². The predicted molar refractivity (Wildman–Crippen MR) is 53.8 cm³/mol. The minimum atomic E-state index is 0.488. The summed E-state index contributed by atoms with van der Waals surface area (Å²) >= 11 is 0. The van der Waals surface area contributed by atoms with E-state index in [1.165, 1.54) is 12.8 Å². The summed E-state index contributed by atoms with van der Waals surface area (Å²) in [6.07, 6.45) is 5.96. The molecule has 1 aliphatic heterocycles. The van der Waals surface area contributed by atoms with Gasteiger partial charge >= 0.3 is 0 Å². The van der Waals surface area contributed by atoms with E-state index >= 15 is 0 Å². The molecule has 0 bridgehead atoms. The van der Waals surface area contributed by atoms with Gasteiger partial charge in [-0.2, -0.15) is 4.98 Å². The summed E-state index contributed by atoms with van der Waals surface area (Å²) < 4.78 is 5.03. The van der Waals surface area contributed by atoms with Crippen molar-refractivity contribution < 1.29 is 4.52 Å². The molecule has 1 aliphatic rings. The van der Waals surface area contributed by atoms with Gasteiger partial charge in [0, 0.05) is 25.7 Å². The van der Waals surface area contributed by atoms with Crippen molar-refractivity contribution in [1.29, 1.82) is 0 Å². The highest BCUT2D eigenvalue weighted by Crippen LogP contribution is 2.16. The van der Waals surface area contributed by atoms with Crippen LogP contribution in [0, 0.1) is 0 Å². The second kappa shape index (κ2) is 4.23. The van der Waals surface area contributed by atoms with Crippen LogP contribution in [0.3, 0.4) is 0 Å². The summed E-state index contributed by atoms with van der Waals surface area (Å²) in [6.45, 7) is 2.54. The Labute approximate surface area is 82.6 Å². The average Bonchev–Trinajstić information content (AvgIpc) is 2.85. The monoisotopic (exact) mass is 194 g/mol. The Morgan fingerprint density at radius 2 is 2.21 bits per heavy atom. The molecule has 2 rings (SSSR count). The van der Waals surface area contributed by atoms with Crippen molar-refractivity contribution in [3.63, 3.8) is 0 Å². The van der Waals surface area contributed by atoms with Gasteiger partial charge in [0.1, 0.15) is 0 Å². The van der Waals surface area contributed by atoms with E-state index in [1.54, 1.807) is 12.2 Å². The molecule has 0 aliphatic carbocycles. The van der Waals surface area contributed by atoms with Crippen molar-refractivity contribution in [1.82, 2.24) is 10.1 Å². The van der Waals surface area contributed by atoms with Gasteiger partial charge in [-0.15, -0.1) is 0 Å². The largest absolute Gasteiger partial charge is 0.338 e. The first-order valence-electron chi connectivity index (χ1n) is 4.85. The number of nitrogens with two attached hydrogens (primary N) is 1. The van der Waals surface area contributed by atoms with Crippen molar-refractivity contribution in [2.75, 3.05) is 24.5 Å². The fraction of sp³-hybridized carbons (Fsp3) is 0.556. The highest BCUT2D eigenvalue weighted by molar-refractivity contribution is 5.41. The van der Waals surface area contributed by atoms with E-state index in [0.717, 1.165) is 13.1 Å². The molecule has 1 fully saturated rings. The molecule has 2 N–H and O–H groups in total. The summed E-state index contributed by atoms with van der Waals surface area (Å²) in [5, 5.41) is 3.90. The van der Waals surface area contributed by atoms with Gasteiger partial charge in [-0.05, 0) is 18.0 Å². The zero-order chi connectivity index (χ0) is 9.80. The van der Waals surface area contributed by atoms with E-state index in [4.69, 9.17) is 10.3 Å². The zero-order valence-electron chi connectivity index (χ0n) is 8.02. The van der Waals surface area contributed by atoms with Crippen molar-refractivity contribution in [2.45, 2.75) is 12.8 Å². The van der Waals surface area contributed by atoms with E-state index < -0.39 is 0 Å². The van der Waals surface area contributed by atoms with E-state index in [9.17, 15) is 0 Å². The van der Waals surface area contributed by atoms with Crippen molar-refractivity contribution in [3.8, 4) is 0 Å². The van der Waals surface area contributed by atoms with Gasteiger partial charge in [-0.3, -0.25) is 0 Å². The lowest BCUT2D eigenvalue weighted by atomic mass is 10.4. The average molecular weight is 194 g/mol. The lowest BCUT2D eigenvalue weighted by Crippen LogP contribution is -2.18. The van der Waals surface area contributed by atoms with Crippen molar-refractivity contribution >= 4 is 12.0 Å². The first-order valence-corrected chi connectivity index (χ1v) is 4.85. The standard InChI is InChI=1S/C9H14N4O/c10-5-3-4-8-11-9(12-14-8)13-6-1-2-7-13/h3-4H,1-2,5-7,10H2/b4-3+. The van der Waals surface area contributed by atoms with Crippen LogP contribution in [0.15, 0.2) is 10.6 Å². The van der Waals surface area contributed by atoms with Crippen molar-refractivity contribution in [3.05, 3.63) is 12.0 Å². The molecule has 0 atom stereocenters. The highest BCUT2D eigenvalue weighted by atomic mass is 16.5. The molecule has 1 aromatic rings. The summed E-state index contributed by atoms with van der Waals surface area (Å²) in [5.74, 6) is 1.22. The molecule has 1 aromatic heterocycles. The maximum absolute atomic E-state index is 5.32. The van der Waals surface area contributed by atoms with Crippen LogP contribution in [0.1, 0.15) is 18.7 Å². The molecule has 2 heterocycles. The fourth-order valence-electron chi connectivity index (χ4n) is 1.51. The van der Waals surface area contributed by atoms with Gasteiger partial charge < -0.3 is 15.2 Å². The van der Waals surface area contributed by atoms with Crippen LogP contribution in [0.5, 0.6) is 0 Å². The molecule has 0 saturated carbocycles. The molecule has 5 nitrogen and oxygen atoms in total. The quantitative estimate of drug-likeness (QED) is 0.764. The summed E-state index contributed by atoms with van der Waals surface area (Å²) in [5.41, 5.74) is 5.32. The minimum absolute atomic E-state index is 0.488. The lowest BCUT2D eigenvalue weighted by molar-refractivity contribution is 0.409. The van der Waals surface area contributed by atoms with Gasteiger partial charge in [0.25, 0.3) is 11.8 Å². The second-order valence-electron chi connectivity index (χ2n) is 3.26. The summed E-state index contributed by atoms with van der Waals surface area (Å²) in [6, 6.07) is 0. The van der Waals surface area contributed by atoms with Crippen LogP contribution in [0.25, 0.3) is 6.08 Å². The minimum Gasteiger partial charge on any atom is -0.338 e. The predicted octanol–water partition coefficient (Wildman–Crippen LogP) is 0.642. The van der Waals surface area contributed by atoms with Crippen LogP contribution in [0.4, 0.5) is 5.95 Å². The van der Waals surface area contributed by atoms with Gasteiger partial charge in [0.05, 0.1) is 0 Å². The zero-order valence-corrected chi connectivity index (χ0v) is 8.02. The molecule has 5 heteroatoms. The van der Waals surface area contributed by atoms with Gasteiger partial charge in [0.2, 0.25) is 0 Å². The molecular weight excluding hydrogens is 180 g/mol. The third kappa shape index (κ3) is 1.93. The van der Waals surface area contributed by atoms with E-state index in [1.807, 2.05) is 0 Å². The van der Waals surface area contributed by atoms with Crippen LogP contribution < -0.4 is 10.6 Å². The SMILES string of the molecule is NC/C=C/c1nc(N2CCCC2)no1. The van der Waals surface area contributed by atoms with E-state index in [-0.39, 0.29) is 0 Å². The van der Waals surface area contributed by atoms with Crippen LogP contribution in [0.2, 0.25) is 0 Å². The summed E-state index contributed by atoms with van der Waals surface area (Å²) in [4.78, 5) is 6.36. The molecular formula is C9H14N4O. The summed E-state index contributed by atoms with van der Waals surface area (Å²) in [7, 11) is 0. The van der Waals surface area contributed by atoms with Crippen LogP contribution in [-0.4, -0.2) is 29.8 Å². The van der Waals surface area contributed by atoms with Crippen LogP contribution in [-0.2, 0) is 0 Å². The topological polar surface area (TPSA) is 68.2 Å². The number of aromatic nitrogens is 2. The maximum atomic E-state index is 5.32. The van der Waals surface area contributed by atoms with Crippen molar-refractivity contribution in [2.24, 2.45) is 5.73 Å². The van der Waals surface area contributed by atoms with Gasteiger partial charge in [0.15, 0.2) is 0 Å². The molecule has 0 amide bonds. The Bertz CT molecular complexity index is 314. The molecule has 0 spiro atoms. The Kier molecular flexibility index (Phi) is 2.78. The number of hydrogen-bond acceptors (Lipinski definition) is 5. The third-order valence-electron chi connectivity index (χ3n) is 2.22. The second-order valence-corrected chi connectivity index (χ2v) is 3.26. The van der Waals surface area contributed by atoms with E-state index in [2.05, 4.69) is 15.0 Å².